The Kier molecular flexibility index (Phi) is 2.73. The summed E-state index contributed by atoms with van der Waals surface area (Å²) in [6, 6.07) is 6.04. The predicted molar refractivity (Wildman–Crippen MR) is 62.1 cm³/mol. The first kappa shape index (κ1) is 11.2. The Bertz CT molecular complexity index is 591. The van der Waals surface area contributed by atoms with Crippen molar-refractivity contribution in [2.75, 3.05) is 0 Å². The van der Waals surface area contributed by atoms with E-state index in [2.05, 4.69) is 20.9 Å². The van der Waals surface area contributed by atoms with E-state index in [4.69, 9.17) is 4.74 Å². The van der Waals surface area contributed by atoms with Gasteiger partial charge in [0, 0.05) is 0 Å². The van der Waals surface area contributed by atoms with Gasteiger partial charge in [-0.15, -0.1) is 0 Å². The van der Waals surface area contributed by atoms with Crippen molar-refractivity contribution in [2.45, 2.75) is 0 Å². The van der Waals surface area contributed by atoms with Gasteiger partial charge in [0.1, 0.15) is 4.61 Å². The van der Waals surface area contributed by atoms with Crippen LogP contribution in [0, 0.1) is 0 Å². The molecule has 0 aromatic heterocycles. The van der Waals surface area contributed by atoms with Crippen LogP contribution < -0.4 is 4.74 Å². The molecule has 84 valence electrons. The summed E-state index contributed by atoms with van der Waals surface area (Å²) in [4.78, 5) is 3.65. The zero-order chi connectivity index (χ0) is 11.8. The standard InChI is InChI=1S/C9H6BrNO4S/c10-8-5-16(13,14)9(11-8)15-7-4-2-1-3-6(7)12/h1-5,12H. The molecule has 0 fully saturated rings. The molecule has 0 atom stereocenters. The highest BCUT2D eigenvalue weighted by Gasteiger charge is 2.27. The van der Waals surface area contributed by atoms with E-state index < -0.39 is 15.1 Å². The van der Waals surface area contributed by atoms with Crippen LogP contribution in [0.4, 0.5) is 0 Å². The summed E-state index contributed by atoms with van der Waals surface area (Å²) in [6.07, 6.45) is 0. The quantitative estimate of drug-likeness (QED) is 0.802. The van der Waals surface area contributed by atoms with Crippen molar-refractivity contribution in [2.24, 2.45) is 4.99 Å². The van der Waals surface area contributed by atoms with E-state index in [0.717, 1.165) is 5.41 Å². The Morgan fingerprint density at radius 3 is 2.56 bits per heavy atom. The maximum absolute atomic E-state index is 11.4. The molecule has 1 N–H and O–H groups in total. The van der Waals surface area contributed by atoms with Crippen LogP contribution >= 0.6 is 15.9 Å². The van der Waals surface area contributed by atoms with E-state index in [1.54, 1.807) is 12.1 Å². The number of nitrogens with zero attached hydrogens (tertiary/aromatic N) is 1. The van der Waals surface area contributed by atoms with Crippen molar-refractivity contribution in [1.29, 1.82) is 0 Å². The number of phenols is 1. The summed E-state index contributed by atoms with van der Waals surface area (Å²) in [7, 11) is -3.64. The Morgan fingerprint density at radius 2 is 2.00 bits per heavy atom. The first-order valence-corrected chi connectivity index (χ1v) is 6.50. The van der Waals surface area contributed by atoms with Gasteiger partial charge in [-0.2, -0.15) is 4.99 Å². The molecule has 1 heterocycles. The van der Waals surface area contributed by atoms with Gasteiger partial charge in [-0.1, -0.05) is 12.1 Å². The molecule has 1 aliphatic rings. The molecule has 16 heavy (non-hydrogen) atoms. The Hall–Kier alpha value is -1.34. The number of aliphatic imine (C=N–C) groups is 1. The molecule has 0 radical (unpaired) electrons. The maximum atomic E-state index is 11.4. The van der Waals surface area contributed by atoms with E-state index in [-0.39, 0.29) is 16.1 Å². The van der Waals surface area contributed by atoms with Crippen LogP contribution in [0.1, 0.15) is 0 Å². The molecule has 7 heteroatoms. The highest BCUT2D eigenvalue weighted by Crippen LogP contribution is 2.28. The molecule has 0 saturated carbocycles. The van der Waals surface area contributed by atoms with Gasteiger partial charge in [-0.3, -0.25) is 0 Å². The van der Waals surface area contributed by atoms with Gasteiger partial charge in [0.15, 0.2) is 11.5 Å². The van der Waals surface area contributed by atoms with Gasteiger partial charge in [-0.25, -0.2) is 8.42 Å². The summed E-state index contributed by atoms with van der Waals surface area (Å²) >= 11 is 2.94. The predicted octanol–water partition coefficient (Wildman–Crippen LogP) is 1.75. The molecule has 0 amide bonds. The van der Waals surface area contributed by atoms with Crippen molar-refractivity contribution in [3.8, 4) is 11.5 Å². The number of halogens is 1. The van der Waals surface area contributed by atoms with Gasteiger partial charge >= 0.3 is 5.23 Å². The van der Waals surface area contributed by atoms with Gasteiger partial charge in [0.2, 0.25) is 0 Å². The maximum Gasteiger partial charge on any atom is 0.321 e. The van der Waals surface area contributed by atoms with Gasteiger partial charge in [-0.05, 0) is 28.1 Å². The number of phenolic OH excluding ortho intramolecular Hbond substituents is 1. The summed E-state index contributed by atoms with van der Waals surface area (Å²) in [5.74, 6) is -0.108. The topological polar surface area (TPSA) is 76.0 Å². The monoisotopic (exact) mass is 303 g/mol. The zero-order valence-corrected chi connectivity index (χ0v) is 10.2. The fourth-order valence-corrected chi connectivity index (χ4v) is 2.93. The lowest BCUT2D eigenvalue weighted by Gasteiger charge is -2.05. The molecule has 2 rings (SSSR count). The fraction of sp³-hybridized carbons (Fsp3) is 0. The van der Waals surface area contributed by atoms with E-state index in [1.807, 2.05) is 0 Å². The fourth-order valence-electron chi connectivity index (χ4n) is 1.07. The summed E-state index contributed by atoms with van der Waals surface area (Å²) in [5.41, 5.74) is 0. The average molecular weight is 304 g/mol. The summed E-state index contributed by atoms with van der Waals surface area (Å²) < 4.78 is 28.1. The minimum atomic E-state index is -3.64. The molecule has 5 nitrogen and oxygen atoms in total. The minimum absolute atomic E-state index is 0.0421. The van der Waals surface area contributed by atoms with Crippen molar-refractivity contribution in [1.82, 2.24) is 0 Å². The van der Waals surface area contributed by atoms with Crippen LogP contribution in [0.3, 0.4) is 0 Å². The van der Waals surface area contributed by atoms with Crippen LogP contribution in [0.25, 0.3) is 0 Å². The van der Waals surface area contributed by atoms with E-state index in [0.29, 0.717) is 0 Å². The lowest BCUT2D eigenvalue weighted by molar-refractivity contribution is 0.436. The molecule has 0 unspecified atom stereocenters. The van der Waals surface area contributed by atoms with E-state index >= 15 is 0 Å². The van der Waals surface area contributed by atoms with Crippen molar-refractivity contribution in [3.63, 3.8) is 0 Å². The van der Waals surface area contributed by atoms with Crippen molar-refractivity contribution >= 4 is 31.0 Å². The summed E-state index contributed by atoms with van der Waals surface area (Å²) in [6.45, 7) is 0. The lowest BCUT2D eigenvalue weighted by Crippen LogP contribution is -2.16. The van der Waals surface area contributed by atoms with Crippen LogP contribution in [-0.4, -0.2) is 18.8 Å². The molecule has 1 aromatic carbocycles. The van der Waals surface area contributed by atoms with E-state index in [9.17, 15) is 13.5 Å². The lowest BCUT2D eigenvalue weighted by atomic mass is 10.3. The van der Waals surface area contributed by atoms with Crippen LogP contribution in [-0.2, 0) is 9.84 Å². The Balaban J connectivity index is 2.32. The molecule has 0 bridgehead atoms. The normalized spacial score (nSPS) is 17.8. The highest BCUT2D eigenvalue weighted by atomic mass is 79.9. The number of aromatic hydroxyl groups is 1. The highest BCUT2D eigenvalue weighted by molar-refractivity contribution is 9.11. The third kappa shape index (κ3) is 2.10. The number of hydrogen-bond acceptors (Lipinski definition) is 5. The second-order valence-corrected chi connectivity index (χ2v) is 5.42. The Labute approximate surface area is 100 Å². The number of rotatable bonds is 1. The Morgan fingerprint density at radius 1 is 1.31 bits per heavy atom. The van der Waals surface area contributed by atoms with Crippen LogP contribution in [0.2, 0.25) is 0 Å². The van der Waals surface area contributed by atoms with Gasteiger partial charge in [0.05, 0.1) is 5.41 Å². The largest absolute Gasteiger partial charge is 0.504 e. The molecule has 0 aliphatic carbocycles. The number of para-hydroxylation sites is 2. The zero-order valence-electron chi connectivity index (χ0n) is 7.79. The van der Waals surface area contributed by atoms with E-state index in [1.165, 1.54) is 12.1 Å². The molecule has 1 aliphatic heterocycles. The number of benzene rings is 1. The number of hydrogen-bond donors (Lipinski definition) is 1. The first-order valence-electron chi connectivity index (χ1n) is 4.16. The van der Waals surface area contributed by atoms with Crippen molar-refractivity contribution in [3.05, 3.63) is 34.3 Å². The van der Waals surface area contributed by atoms with Gasteiger partial charge in [0.25, 0.3) is 9.84 Å². The molecule has 0 spiro atoms. The third-order valence-corrected chi connectivity index (χ3v) is 3.66. The second kappa shape index (κ2) is 3.91. The minimum Gasteiger partial charge on any atom is -0.504 e. The van der Waals surface area contributed by atoms with Gasteiger partial charge < -0.3 is 9.84 Å². The molecule has 0 saturated heterocycles. The summed E-state index contributed by atoms with van der Waals surface area (Å²) in [5, 5.41) is 9.88. The number of sulfone groups is 1. The number of ether oxygens (including phenoxy) is 1. The van der Waals surface area contributed by atoms with Crippen LogP contribution in [0.5, 0.6) is 11.5 Å². The molecule has 1 aromatic rings. The average Bonchev–Trinajstić information content (AvgIpc) is 2.43. The second-order valence-electron chi connectivity index (χ2n) is 2.93. The third-order valence-electron chi connectivity index (χ3n) is 1.76. The van der Waals surface area contributed by atoms with Crippen LogP contribution in [0.15, 0.2) is 39.3 Å². The smallest absolute Gasteiger partial charge is 0.321 e. The molecular weight excluding hydrogens is 298 g/mol. The first-order chi connectivity index (χ1) is 7.49. The SMILES string of the molecule is O=S1(=O)C=C(Br)N=C1Oc1ccccc1O. The van der Waals surface area contributed by atoms with Crippen molar-refractivity contribution < 1.29 is 18.3 Å². The molecular formula is C9H6BrNO4S.